The van der Waals surface area contributed by atoms with Crippen LogP contribution in [0.3, 0.4) is 0 Å². The van der Waals surface area contributed by atoms with E-state index in [0.29, 0.717) is 31.7 Å². The highest BCUT2D eigenvalue weighted by Gasteiger charge is 2.31. The topological polar surface area (TPSA) is 61.8 Å². The number of halogens is 1. The van der Waals surface area contributed by atoms with Gasteiger partial charge in [-0.05, 0) is 29.7 Å². The fourth-order valence-electron chi connectivity index (χ4n) is 2.80. The second kappa shape index (κ2) is 4.88. The predicted molar refractivity (Wildman–Crippen MR) is 64.4 cm³/mol. The molecule has 6 heteroatoms. The Balaban J connectivity index is 1.96. The number of benzene rings is 1. The summed E-state index contributed by atoms with van der Waals surface area (Å²) < 4.78 is 19.5. The van der Waals surface area contributed by atoms with Gasteiger partial charge in [0.1, 0.15) is 5.82 Å². The second-order valence-corrected chi connectivity index (χ2v) is 4.94. The number of ether oxygens (including phenoxy) is 1. The van der Waals surface area contributed by atoms with Gasteiger partial charge in [-0.25, -0.2) is 9.87 Å². The molecule has 3 rings (SSSR count). The van der Waals surface area contributed by atoms with E-state index >= 15 is 0 Å². The standard InChI is InChI=1S/C13H15FN2O3/c14-12-4-8(13(17)15-18)3-9-6-16-1-2-19-7-10(16)5-11(9)12/h3-4,10,18H,1-2,5-7H2,(H,15,17). The van der Waals surface area contributed by atoms with Gasteiger partial charge in [-0.3, -0.25) is 14.9 Å². The molecule has 0 radical (unpaired) electrons. The van der Waals surface area contributed by atoms with E-state index in [9.17, 15) is 9.18 Å². The van der Waals surface area contributed by atoms with Gasteiger partial charge in [0.05, 0.1) is 13.2 Å². The third-order valence-corrected chi connectivity index (χ3v) is 3.81. The van der Waals surface area contributed by atoms with E-state index < -0.39 is 5.91 Å². The highest BCUT2D eigenvalue weighted by Crippen LogP contribution is 2.28. The molecule has 2 N–H and O–H groups in total. The minimum atomic E-state index is -0.689. The Kier molecular flexibility index (Phi) is 3.22. The van der Waals surface area contributed by atoms with Crippen molar-refractivity contribution in [3.05, 3.63) is 34.6 Å². The first kappa shape index (κ1) is 12.5. The van der Waals surface area contributed by atoms with Crippen LogP contribution in [0.25, 0.3) is 0 Å². The molecule has 1 fully saturated rings. The number of nitrogens with one attached hydrogen (secondary N) is 1. The zero-order valence-corrected chi connectivity index (χ0v) is 10.4. The number of nitrogens with zero attached hydrogens (tertiary/aromatic N) is 1. The first-order valence-electron chi connectivity index (χ1n) is 6.26. The Hall–Kier alpha value is -1.50. The highest BCUT2D eigenvalue weighted by atomic mass is 19.1. The Morgan fingerprint density at radius 3 is 3.16 bits per heavy atom. The lowest BCUT2D eigenvalue weighted by molar-refractivity contribution is -0.0168. The number of carbonyl (C=O) groups is 1. The van der Waals surface area contributed by atoms with Gasteiger partial charge < -0.3 is 4.74 Å². The lowest BCUT2D eigenvalue weighted by Gasteiger charge is -2.40. The van der Waals surface area contributed by atoms with E-state index in [2.05, 4.69) is 4.90 Å². The Bertz CT molecular complexity index is 521. The summed E-state index contributed by atoms with van der Waals surface area (Å²) in [4.78, 5) is 13.6. The molecule has 2 heterocycles. The van der Waals surface area contributed by atoms with Crippen molar-refractivity contribution in [1.82, 2.24) is 10.4 Å². The molecule has 1 aromatic rings. The summed E-state index contributed by atoms with van der Waals surface area (Å²) in [7, 11) is 0. The molecule has 1 atom stereocenters. The fraction of sp³-hybridized carbons (Fsp3) is 0.462. The molecule has 0 spiro atoms. The predicted octanol–water partition coefficient (Wildman–Crippen LogP) is 0.702. The van der Waals surface area contributed by atoms with Crippen LogP contribution in [0.1, 0.15) is 21.5 Å². The number of hydrogen-bond donors (Lipinski definition) is 2. The zero-order chi connectivity index (χ0) is 13.4. The van der Waals surface area contributed by atoms with Crippen LogP contribution >= 0.6 is 0 Å². The monoisotopic (exact) mass is 266 g/mol. The molecule has 5 nitrogen and oxygen atoms in total. The number of morpholine rings is 1. The van der Waals surface area contributed by atoms with Gasteiger partial charge in [-0.1, -0.05) is 0 Å². The van der Waals surface area contributed by atoms with Gasteiger partial charge in [0.25, 0.3) is 5.91 Å². The van der Waals surface area contributed by atoms with E-state index in [-0.39, 0.29) is 17.4 Å². The third-order valence-electron chi connectivity index (χ3n) is 3.81. The van der Waals surface area contributed by atoms with Crippen LogP contribution in [0.5, 0.6) is 0 Å². The van der Waals surface area contributed by atoms with E-state index in [4.69, 9.17) is 9.94 Å². The van der Waals surface area contributed by atoms with Crippen molar-refractivity contribution >= 4 is 5.91 Å². The smallest absolute Gasteiger partial charge is 0.274 e. The average Bonchev–Trinajstić information content (AvgIpc) is 2.44. The summed E-state index contributed by atoms with van der Waals surface area (Å²) >= 11 is 0. The van der Waals surface area contributed by atoms with Crippen LogP contribution in [-0.2, 0) is 17.7 Å². The van der Waals surface area contributed by atoms with Crippen molar-refractivity contribution in [1.29, 1.82) is 0 Å². The molecular formula is C13H15FN2O3. The maximum Gasteiger partial charge on any atom is 0.274 e. The molecule has 102 valence electrons. The van der Waals surface area contributed by atoms with Gasteiger partial charge in [0.15, 0.2) is 0 Å². The van der Waals surface area contributed by atoms with E-state index in [1.807, 2.05) is 0 Å². The van der Waals surface area contributed by atoms with Crippen LogP contribution in [0.2, 0.25) is 0 Å². The SMILES string of the molecule is O=C(NO)c1cc(F)c2c(c1)CN1CCOCC1C2. The largest absolute Gasteiger partial charge is 0.378 e. The van der Waals surface area contributed by atoms with E-state index in [0.717, 1.165) is 12.1 Å². The van der Waals surface area contributed by atoms with Gasteiger partial charge in [-0.2, -0.15) is 0 Å². The number of carbonyl (C=O) groups excluding carboxylic acids is 1. The average molecular weight is 266 g/mol. The lowest BCUT2D eigenvalue weighted by Crippen LogP contribution is -2.48. The third kappa shape index (κ3) is 2.22. The lowest BCUT2D eigenvalue weighted by atomic mass is 9.91. The van der Waals surface area contributed by atoms with E-state index in [1.54, 1.807) is 6.07 Å². The van der Waals surface area contributed by atoms with Crippen molar-refractivity contribution in [2.24, 2.45) is 0 Å². The quantitative estimate of drug-likeness (QED) is 0.580. The molecule has 1 amide bonds. The second-order valence-electron chi connectivity index (χ2n) is 4.94. The van der Waals surface area contributed by atoms with Crippen LogP contribution < -0.4 is 5.48 Å². The van der Waals surface area contributed by atoms with Crippen molar-refractivity contribution in [3.63, 3.8) is 0 Å². The molecule has 1 saturated heterocycles. The zero-order valence-electron chi connectivity index (χ0n) is 10.4. The normalized spacial score (nSPS) is 22.5. The maximum atomic E-state index is 14.1. The van der Waals surface area contributed by atoms with Gasteiger partial charge in [-0.15, -0.1) is 0 Å². The minimum absolute atomic E-state index is 0.144. The minimum Gasteiger partial charge on any atom is -0.378 e. The Labute approximate surface area is 109 Å². The summed E-state index contributed by atoms with van der Waals surface area (Å²) in [5.74, 6) is -1.08. The van der Waals surface area contributed by atoms with E-state index in [1.165, 1.54) is 11.5 Å². The molecule has 1 aromatic carbocycles. The van der Waals surface area contributed by atoms with Crippen molar-refractivity contribution in [2.75, 3.05) is 19.8 Å². The highest BCUT2D eigenvalue weighted by molar-refractivity contribution is 5.93. The molecule has 0 aliphatic carbocycles. The number of fused-ring (bicyclic) bond motifs is 2. The van der Waals surface area contributed by atoms with Crippen LogP contribution in [0, 0.1) is 5.82 Å². The number of hydroxylamine groups is 1. The molecule has 0 aromatic heterocycles. The van der Waals surface area contributed by atoms with Crippen molar-refractivity contribution in [2.45, 2.75) is 19.0 Å². The molecule has 0 bridgehead atoms. The van der Waals surface area contributed by atoms with Crippen LogP contribution in [0.4, 0.5) is 4.39 Å². The first-order valence-corrected chi connectivity index (χ1v) is 6.26. The van der Waals surface area contributed by atoms with Gasteiger partial charge in [0, 0.05) is 24.7 Å². The first-order chi connectivity index (χ1) is 9.19. The molecule has 19 heavy (non-hydrogen) atoms. The number of rotatable bonds is 1. The maximum absolute atomic E-state index is 14.1. The molecular weight excluding hydrogens is 251 g/mol. The number of amides is 1. The summed E-state index contributed by atoms with van der Waals surface area (Å²) in [6.45, 7) is 2.75. The molecule has 0 saturated carbocycles. The molecule has 1 unspecified atom stereocenters. The summed E-state index contributed by atoms with van der Waals surface area (Å²) in [5, 5.41) is 8.62. The van der Waals surface area contributed by atoms with Crippen LogP contribution in [-0.4, -0.2) is 41.8 Å². The summed E-state index contributed by atoms with van der Waals surface area (Å²) in [6, 6.07) is 3.03. The summed E-state index contributed by atoms with van der Waals surface area (Å²) in [5.41, 5.74) is 3.15. The van der Waals surface area contributed by atoms with Gasteiger partial charge in [0.2, 0.25) is 0 Å². The van der Waals surface area contributed by atoms with Gasteiger partial charge >= 0.3 is 0 Å². The molecule has 2 aliphatic rings. The van der Waals surface area contributed by atoms with Crippen molar-refractivity contribution < 1.29 is 19.1 Å². The van der Waals surface area contributed by atoms with Crippen molar-refractivity contribution in [3.8, 4) is 0 Å². The number of hydrogen-bond acceptors (Lipinski definition) is 4. The summed E-state index contributed by atoms with van der Waals surface area (Å²) in [6.07, 6.45) is 0.599. The molecule has 2 aliphatic heterocycles. The fourth-order valence-corrected chi connectivity index (χ4v) is 2.80. The van der Waals surface area contributed by atoms with Crippen LogP contribution in [0.15, 0.2) is 12.1 Å². The Morgan fingerprint density at radius 1 is 1.53 bits per heavy atom. The Morgan fingerprint density at radius 2 is 2.37 bits per heavy atom.